The maximum Gasteiger partial charge on any atom is 0.335 e. The molecule has 0 aliphatic carbocycles. The van der Waals surface area contributed by atoms with Crippen LogP contribution in [0.2, 0.25) is 0 Å². The fourth-order valence-corrected chi connectivity index (χ4v) is 3.19. The highest BCUT2D eigenvalue weighted by Crippen LogP contribution is 2.46. The van der Waals surface area contributed by atoms with Gasteiger partial charge in [0.1, 0.15) is 0 Å². The number of anilines is 1. The lowest BCUT2D eigenvalue weighted by atomic mass is 9.84. The first-order chi connectivity index (χ1) is 11.4. The number of fused-ring (bicyclic) bond motifs is 1. The molecule has 0 fully saturated rings. The molecule has 0 bridgehead atoms. The van der Waals surface area contributed by atoms with Crippen LogP contribution in [0.5, 0.6) is 0 Å². The van der Waals surface area contributed by atoms with Crippen molar-refractivity contribution >= 4 is 23.6 Å². The normalized spacial score (nSPS) is 17.5. The van der Waals surface area contributed by atoms with Gasteiger partial charge >= 0.3 is 5.97 Å². The Hall–Kier alpha value is -2.88. The van der Waals surface area contributed by atoms with Crippen molar-refractivity contribution in [1.29, 1.82) is 0 Å². The van der Waals surface area contributed by atoms with Gasteiger partial charge in [-0.1, -0.05) is 32.0 Å². The second kappa shape index (κ2) is 5.96. The van der Waals surface area contributed by atoms with Gasteiger partial charge in [-0.05, 0) is 42.0 Å². The van der Waals surface area contributed by atoms with Crippen molar-refractivity contribution < 1.29 is 9.90 Å². The summed E-state index contributed by atoms with van der Waals surface area (Å²) in [5.41, 5.74) is 4.61. The van der Waals surface area contributed by atoms with Crippen LogP contribution in [0.4, 0.5) is 11.4 Å². The molecule has 0 saturated carbocycles. The minimum Gasteiger partial charge on any atom is -0.478 e. The maximum absolute atomic E-state index is 10.9. The van der Waals surface area contributed by atoms with Crippen molar-refractivity contribution in [3.63, 3.8) is 0 Å². The average molecular weight is 320 g/mol. The van der Waals surface area contributed by atoms with Crippen molar-refractivity contribution in [1.82, 2.24) is 0 Å². The maximum atomic E-state index is 10.9. The Bertz CT molecular complexity index is 833. The zero-order valence-corrected chi connectivity index (χ0v) is 14.0. The molecule has 1 aliphatic rings. The van der Waals surface area contributed by atoms with Gasteiger partial charge in [0.15, 0.2) is 0 Å². The second-order valence-electron chi connectivity index (χ2n) is 6.38. The zero-order chi connectivity index (χ0) is 17.3. The van der Waals surface area contributed by atoms with Gasteiger partial charge in [-0.25, -0.2) is 4.79 Å². The summed E-state index contributed by atoms with van der Waals surface area (Å²) in [6.07, 6.45) is 3.79. The molecule has 0 aromatic heterocycles. The monoisotopic (exact) mass is 320 g/mol. The molecule has 122 valence electrons. The minimum atomic E-state index is -0.931. The van der Waals surface area contributed by atoms with Gasteiger partial charge in [-0.2, -0.15) is 0 Å². The van der Waals surface area contributed by atoms with E-state index in [0.29, 0.717) is 0 Å². The van der Waals surface area contributed by atoms with Gasteiger partial charge in [-0.3, -0.25) is 4.99 Å². The molecule has 0 atom stereocenters. The van der Waals surface area contributed by atoms with Gasteiger partial charge < -0.3 is 10.0 Å². The molecule has 0 unspecified atom stereocenters. The predicted molar refractivity (Wildman–Crippen MR) is 97.5 cm³/mol. The fourth-order valence-electron chi connectivity index (χ4n) is 3.19. The number of benzene rings is 2. The Balaban J connectivity index is 1.86. The molecule has 1 N–H and O–H groups in total. The van der Waals surface area contributed by atoms with Crippen molar-refractivity contribution in [3.8, 4) is 0 Å². The highest BCUT2D eigenvalue weighted by molar-refractivity contribution is 5.88. The first-order valence-electron chi connectivity index (χ1n) is 7.82. The molecule has 4 heteroatoms. The number of aromatic carboxylic acids is 1. The zero-order valence-electron chi connectivity index (χ0n) is 14.0. The third kappa shape index (κ3) is 2.71. The number of carboxylic acid groups (broad SMARTS) is 1. The summed E-state index contributed by atoms with van der Waals surface area (Å²) in [5.74, 6) is -0.931. The molecule has 0 amide bonds. The lowest BCUT2D eigenvalue weighted by Gasteiger charge is -2.23. The first kappa shape index (κ1) is 16.0. The number of allylic oxidation sites excluding steroid dienone is 2. The Morgan fingerprint density at radius 3 is 2.42 bits per heavy atom. The summed E-state index contributed by atoms with van der Waals surface area (Å²) in [4.78, 5) is 17.5. The number of carboxylic acids is 1. The summed E-state index contributed by atoms with van der Waals surface area (Å²) in [5, 5.41) is 8.91. The SMILES string of the molecule is CN1C(=CC=Nc2ccc(C(=O)O)cc2)C(C)(C)c2ccccc21. The Morgan fingerprint density at radius 1 is 1.12 bits per heavy atom. The lowest BCUT2D eigenvalue weighted by Crippen LogP contribution is -2.22. The van der Waals surface area contributed by atoms with Crippen LogP contribution in [0.1, 0.15) is 29.8 Å². The van der Waals surface area contributed by atoms with Gasteiger partial charge in [0.25, 0.3) is 0 Å². The van der Waals surface area contributed by atoms with Gasteiger partial charge in [0.2, 0.25) is 0 Å². The first-order valence-corrected chi connectivity index (χ1v) is 7.82. The van der Waals surface area contributed by atoms with Crippen molar-refractivity contribution in [2.45, 2.75) is 19.3 Å². The fraction of sp³-hybridized carbons (Fsp3) is 0.200. The summed E-state index contributed by atoms with van der Waals surface area (Å²) >= 11 is 0. The quantitative estimate of drug-likeness (QED) is 0.853. The average Bonchev–Trinajstić information content (AvgIpc) is 2.76. The number of aliphatic imine (C=N–C) groups is 1. The molecule has 0 spiro atoms. The van der Waals surface area contributed by atoms with Crippen LogP contribution < -0.4 is 4.90 Å². The van der Waals surface area contributed by atoms with E-state index < -0.39 is 5.97 Å². The van der Waals surface area contributed by atoms with E-state index in [2.05, 4.69) is 49.0 Å². The molecule has 2 aromatic carbocycles. The Labute approximate surface area is 141 Å². The number of carbonyl (C=O) groups is 1. The minimum absolute atomic E-state index is 0.0788. The number of nitrogens with zero attached hydrogens (tertiary/aromatic N) is 2. The smallest absolute Gasteiger partial charge is 0.335 e. The van der Waals surface area contributed by atoms with E-state index in [-0.39, 0.29) is 11.0 Å². The van der Waals surface area contributed by atoms with Crippen LogP contribution in [0, 0.1) is 0 Å². The molecular formula is C20H20N2O2. The molecule has 24 heavy (non-hydrogen) atoms. The number of para-hydroxylation sites is 1. The Kier molecular flexibility index (Phi) is 3.97. The second-order valence-corrected chi connectivity index (χ2v) is 6.38. The van der Waals surface area contributed by atoms with Crippen LogP contribution in [0.3, 0.4) is 0 Å². The molecule has 1 aliphatic heterocycles. The third-order valence-electron chi connectivity index (χ3n) is 4.51. The van der Waals surface area contributed by atoms with E-state index in [9.17, 15) is 4.79 Å². The van der Waals surface area contributed by atoms with Crippen molar-refractivity contribution in [2.24, 2.45) is 4.99 Å². The number of hydrogen-bond donors (Lipinski definition) is 1. The van der Waals surface area contributed by atoms with E-state index in [0.717, 1.165) is 5.69 Å². The summed E-state index contributed by atoms with van der Waals surface area (Å²) < 4.78 is 0. The van der Waals surface area contributed by atoms with Crippen LogP contribution in [-0.2, 0) is 5.41 Å². The Morgan fingerprint density at radius 2 is 1.79 bits per heavy atom. The molecule has 3 rings (SSSR count). The highest BCUT2D eigenvalue weighted by atomic mass is 16.4. The summed E-state index contributed by atoms with van der Waals surface area (Å²) in [6.45, 7) is 4.41. The largest absolute Gasteiger partial charge is 0.478 e. The van der Waals surface area contributed by atoms with Gasteiger partial charge in [0.05, 0.1) is 11.3 Å². The highest BCUT2D eigenvalue weighted by Gasteiger charge is 2.37. The predicted octanol–water partition coefficient (Wildman–Crippen LogP) is 4.40. The number of likely N-dealkylation sites (N-methyl/N-ethyl adjacent to an activating group) is 1. The lowest BCUT2D eigenvalue weighted by molar-refractivity contribution is 0.0697. The molecule has 1 heterocycles. The van der Waals surface area contributed by atoms with E-state index in [1.165, 1.54) is 16.9 Å². The number of rotatable bonds is 3. The van der Waals surface area contributed by atoms with Crippen LogP contribution in [-0.4, -0.2) is 24.3 Å². The van der Waals surface area contributed by atoms with Crippen LogP contribution in [0.15, 0.2) is 65.3 Å². The molecule has 0 saturated heterocycles. The molecule has 4 nitrogen and oxygen atoms in total. The van der Waals surface area contributed by atoms with Crippen LogP contribution in [0.25, 0.3) is 0 Å². The van der Waals surface area contributed by atoms with Crippen molar-refractivity contribution in [3.05, 3.63) is 71.4 Å². The molecule has 2 aromatic rings. The topological polar surface area (TPSA) is 52.9 Å². The summed E-state index contributed by atoms with van der Waals surface area (Å²) in [7, 11) is 2.06. The number of hydrogen-bond acceptors (Lipinski definition) is 3. The van der Waals surface area contributed by atoms with E-state index in [4.69, 9.17) is 5.11 Å². The van der Waals surface area contributed by atoms with Gasteiger partial charge in [-0.15, -0.1) is 0 Å². The molecule has 0 radical (unpaired) electrons. The standard InChI is InChI=1S/C20H20N2O2/c1-20(2)16-6-4-5-7-17(16)22(3)18(20)12-13-21-15-10-8-14(9-11-15)19(23)24/h4-13H,1-3H3,(H,23,24). The summed E-state index contributed by atoms with van der Waals surface area (Å²) in [6, 6.07) is 14.9. The van der Waals surface area contributed by atoms with E-state index in [1.54, 1.807) is 30.5 Å². The van der Waals surface area contributed by atoms with Crippen molar-refractivity contribution in [2.75, 3.05) is 11.9 Å². The van der Waals surface area contributed by atoms with Gasteiger partial charge in [0, 0.05) is 30.1 Å². The molecular weight excluding hydrogens is 300 g/mol. The van der Waals surface area contributed by atoms with E-state index >= 15 is 0 Å². The van der Waals surface area contributed by atoms with E-state index in [1.807, 2.05) is 12.1 Å². The van der Waals surface area contributed by atoms with Crippen LogP contribution >= 0.6 is 0 Å². The third-order valence-corrected chi connectivity index (χ3v) is 4.51.